The van der Waals surface area contributed by atoms with Crippen molar-refractivity contribution >= 4 is 5.71 Å². The van der Waals surface area contributed by atoms with Crippen LogP contribution >= 0.6 is 0 Å². The van der Waals surface area contributed by atoms with E-state index in [0.29, 0.717) is 6.61 Å². The molecular formula is C13H25NO3. The van der Waals surface area contributed by atoms with Gasteiger partial charge in [0.15, 0.2) is 0 Å². The van der Waals surface area contributed by atoms with E-state index in [-0.39, 0.29) is 17.8 Å². The van der Waals surface area contributed by atoms with E-state index in [2.05, 4.69) is 5.16 Å². The minimum absolute atomic E-state index is 0.131. The van der Waals surface area contributed by atoms with Crippen LogP contribution in [0.1, 0.15) is 53.4 Å². The first kappa shape index (κ1) is 14.5. The van der Waals surface area contributed by atoms with Crippen LogP contribution in [0, 0.1) is 0 Å². The van der Waals surface area contributed by atoms with Gasteiger partial charge < -0.3 is 14.7 Å². The number of hydrogen-bond acceptors (Lipinski definition) is 4. The van der Waals surface area contributed by atoms with Crippen molar-refractivity contribution in [3.05, 3.63) is 0 Å². The average molecular weight is 243 g/mol. The monoisotopic (exact) mass is 243 g/mol. The average Bonchev–Trinajstić information content (AvgIpc) is 2.25. The Hall–Kier alpha value is -0.610. The van der Waals surface area contributed by atoms with Gasteiger partial charge in [-0.05, 0) is 53.4 Å². The van der Waals surface area contributed by atoms with Gasteiger partial charge in [-0.25, -0.2) is 0 Å². The number of hydrogen-bond donors (Lipinski definition) is 1. The standard InChI is InChI=1S/C13H25NO3/c1-10(14-17-13(2,3)4)9-16-12-7-5-11(15)6-8-12/h11-12,15H,5-9H2,1-4H3. The summed E-state index contributed by atoms with van der Waals surface area (Å²) in [6, 6.07) is 0. The highest BCUT2D eigenvalue weighted by Gasteiger charge is 2.19. The molecule has 0 heterocycles. The summed E-state index contributed by atoms with van der Waals surface area (Å²) in [6.45, 7) is 8.31. The number of aliphatic hydroxyl groups is 1. The van der Waals surface area contributed by atoms with Gasteiger partial charge >= 0.3 is 0 Å². The third-order valence-corrected chi connectivity index (χ3v) is 2.65. The molecule has 100 valence electrons. The van der Waals surface area contributed by atoms with Crippen LogP contribution in [0.4, 0.5) is 0 Å². The third-order valence-electron chi connectivity index (χ3n) is 2.65. The number of ether oxygens (including phenoxy) is 1. The smallest absolute Gasteiger partial charge is 0.129 e. The van der Waals surface area contributed by atoms with E-state index in [9.17, 15) is 5.11 Å². The largest absolute Gasteiger partial charge is 0.393 e. The van der Waals surface area contributed by atoms with Crippen LogP contribution in [-0.2, 0) is 9.57 Å². The fourth-order valence-electron chi connectivity index (χ4n) is 1.69. The molecule has 0 amide bonds. The maximum atomic E-state index is 9.38. The van der Waals surface area contributed by atoms with E-state index in [1.54, 1.807) is 0 Å². The predicted molar refractivity (Wildman–Crippen MR) is 68.2 cm³/mol. The Morgan fingerprint density at radius 3 is 2.35 bits per heavy atom. The van der Waals surface area contributed by atoms with Crippen molar-refractivity contribution < 1.29 is 14.7 Å². The molecule has 1 N–H and O–H groups in total. The summed E-state index contributed by atoms with van der Waals surface area (Å²) in [4.78, 5) is 5.32. The molecular weight excluding hydrogens is 218 g/mol. The van der Waals surface area contributed by atoms with Gasteiger partial charge in [-0.2, -0.15) is 0 Å². The Balaban J connectivity index is 2.21. The molecule has 0 aliphatic heterocycles. The van der Waals surface area contributed by atoms with Gasteiger partial charge in [0.2, 0.25) is 0 Å². The first-order chi connectivity index (χ1) is 7.87. The van der Waals surface area contributed by atoms with E-state index >= 15 is 0 Å². The number of aliphatic hydroxyl groups excluding tert-OH is 1. The van der Waals surface area contributed by atoms with Crippen LogP contribution in [-0.4, -0.2) is 35.2 Å². The molecule has 0 unspecified atom stereocenters. The van der Waals surface area contributed by atoms with Crippen molar-refractivity contribution in [1.29, 1.82) is 0 Å². The Labute approximate surface area is 104 Å². The van der Waals surface area contributed by atoms with Crippen molar-refractivity contribution in [3.63, 3.8) is 0 Å². The highest BCUT2D eigenvalue weighted by molar-refractivity contribution is 5.82. The molecule has 1 rings (SSSR count). The molecule has 4 nitrogen and oxygen atoms in total. The molecule has 17 heavy (non-hydrogen) atoms. The van der Waals surface area contributed by atoms with Crippen LogP contribution in [0.5, 0.6) is 0 Å². The van der Waals surface area contributed by atoms with Crippen molar-refractivity contribution in [2.24, 2.45) is 5.16 Å². The molecule has 0 radical (unpaired) electrons. The lowest BCUT2D eigenvalue weighted by atomic mass is 9.95. The van der Waals surface area contributed by atoms with Gasteiger partial charge in [0, 0.05) is 0 Å². The van der Waals surface area contributed by atoms with E-state index in [1.165, 1.54) is 0 Å². The Bertz CT molecular complexity index is 250. The number of oxime groups is 1. The zero-order valence-electron chi connectivity index (χ0n) is 11.4. The molecule has 0 spiro atoms. The highest BCUT2D eigenvalue weighted by atomic mass is 16.6. The lowest BCUT2D eigenvalue weighted by Gasteiger charge is -2.25. The van der Waals surface area contributed by atoms with Gasteiger partial charge in [-0.3, -0.25) is 0 Å². The molecule has 0 aromatic heterocycles. The summed E-state index contributed by atoms with van der Waals surface area (Å²) in [5.74, 6) is 0. The van der Waals surface area contributed by atoms with Crippen LogP contribution < -0.4 is 0 Å². The third kappa shape index (κ3) is 6.64. The van der Waals surface area contributed by atoms with E-state index < -0.39 is 0 Å². The Morgan fingerprint density at radius 2 is 1.82 bits per heavy atom. The molecule has 0 bridgehead atoms. The molecule has 1 fully saturated rings. The topological polar surface area (TPSA) is 51.0 Å². The van der Waals surface area contributed by atoms with Gasteiger partial charge in [0.05, 0.1) is 24.5 Å². The maximum absolute atomic E-state index is 9.38. The van der Waals surface area contributed by atoms with E-state index in [1.807, 2.05) is 27.7 Å². The van der Waals surface area contributed by atoms with Gasteiger partial charge in [0.1, 0.15) is 5.60 Å². The number of nitrogens with zero attached hydrogens (tertiary/aromatic N) is 1. The number of rotatable bonds is 4. The van der Waals surface area contributed by atoms with Crippen LogP contribution in [0.25, 0.3) is 0 Å². The minimum atomic E-state index is -0.254. The second-order valence-corrected chi connectivity index (χ2v) is 5.77. The van der Waals surface area contributed by atoms with Crippen molar-refractivity contribution in [2.45, 2.75) is 71.2 Å². The fourth-order valence-corrected chi connectivity index (χ4v) is 1.69. The lowest BCUT2D eigenvalue weighted by molar-refractivity contribution is -0.00630. The Morgan fingerprint density at radius 1 is 1.24 bits per heavy atom. The fraction of sp³-hybridized carbons (Fsp3) is 0.923. The molecule has 1 aliphatic rings. The van der Waals surface area contributed by atoms with Crippen molar-refractivity contribution in [1.82, 2.24) is 0 Å². The molecule has 0 saturated heterocycles. The maximum Gasteiger partial charge on any atom is 0.129 e. The molecule has 4 heteroatoms. The first-order valence-corrected chi connectivity index (χ1v) is 6.38. The van der Waals surface area contributed by atoms with Gasteiger partial charge in [0.25, 0.3) is 0 Å². The van der Waals surface area contributed by atoms with Gasteiger partial charge in [-0.15, -0.1) is 0 Å². The van der Waals surface area contributed by atoms with Gasteiger partial charge in [-0.1, -0.05) is 5.16 Å². The second kappa shape index (κ2) is 6.36. The summed E-state index contributed by atoms with van der Waals surface area (Å²) < 4.78 is 5.74. The predicted octanol–water partition coefficient (Wildman–Crippen LogP) is 2.50. The van der Waals surface area contributed by atoms with Crippen LogP contribution in [0.15, 0.2) is 5.16 Å². The van der Waals surface area contributed by atoms with Crippen molar-refractivity contribution in [3.8, 4) is 0 Å². The summed E-state index contributed by atoms with van der Waals surface area (Å²) in [7, 11) is 0. The quantitative estimate of drug-likeness (QED) is 0.609. The summed E-state index contributed by atoms with van der Waals surface area (Å²) in [6.07, 6.45) is 3.70. The first-order valence-electron chi connectivity index (χ1n) is 6.38. The highest BCUT2D eigenvalue weighted by Crippen LogP contribution is 2.20. The Kier molecular flexibility index (Phi) is 5.40. The normalized spacial score (nSPS) is 27.0. The summed E-state index contributed by atoms with van der Waals surface area (Å²) in [5.41, 5.74) is 0.599. The molecule has 0 aromatic rings. The van der Waals surface area contributed by atoms with Crippen LogP contribution in [0.3, 0.4) is 0 Å². The van der Waals surface area contributed by atoms with Crippen LogP contribution in [0.2, 0.25) is 0 Å². The van der Waals surface area contributed by atoms with E-state index in [0.717, 1.165) is 31.4 Å². The lowest BCUT2D eigenvalue weighted by Crippen LogP contribution is -2.26. The molecule has 0 aromatic carbocycles. The minimum Gasteiger partial charge on any atom is -0.393 e. The summed E-state index contributed by atoms with van der Waals surface area (Å²) in [5, 5.41) is 13.4. The molecule has 1 aliphatic carbocycles. The second-order valence-electron chi connectivity index (χ2n) is 5.77. The zero-order chi connectivity index (χ0) is 12.9. The SMILES string of the molecule is CC(COC1CCC(O)CC1)=NOC(C)(C)C. The molecule has 1 saturated carbocycles. The summed E-state index contributed by atoms with van der Waals surface area (Å²) >= 11 is 0. The molecule has 0 atom stereocenters. The zero-order valence-corrected chi connectivity index (χ0v) is 11.4. The van der Waals surface area contributed by atoms with E-state index in [4.69, 9.17) is 9.57 Å². The van der Waals surface area contributed by atoms with Crippen molar-refractivity contribution in [2.75, 3.05) is 6.61 Å².